The highest BCUT2D eigenvalue weighted by molar-refractivity contribution is 7.57. The van der Waals surface area contributed by atoms with Crippen LogP contribution >= 0.6 is 7.60 Å². The molecule has 6 heteroatoms. The summed E-state index contributed by atoms with van der Waals surface area (Å²) in [6.07, 6.45) is 0. The molecule has 0 saturated heterocycles. The Morgan fingerprint density at radius 1 is 1.15 bits per heavy atom. The fourth-order valence-corrected chi connectivity index (χ4v) is 2.94. The summed E-state index contributed by atoms with van der Waals surface area (Å²) in [7, 11) is -3.36. The van der Waals surface area contributed by atoms with Crippen molar-refractivity contribution < 1.29 is 23.1 Å². The van der Waals surface area contributed by atoms with Gasteiger partial charge in [-0.05, 0) is 32.9 Å². The van der Waals surface area contributed by atoms with Crippen LogP contribution in [0.15, 0.2) is 41.9 Å². The maximum Gasteiger partial charge on any atom is 0.357 e. The van der Waals surface area contributed by atoms with Gasteiger partial charge in [0, 0.05) is 0 Å². The van der Waals surface area contributed by atoms with E-state index in [1.165, 1.54) is 12.7 Å². The van der Waals surface area contributed by atoms with Crippen LogP contribution in [0, 0.1) is 0 Å². The number of esters is 1. The standard InChI is InChI=1S/C14H19O5P/c1-4-17-20(16,18-5-2)11-12(3)19-14(15)13-9-7-6-8-10-13/h6-11H,4-5H2,1-3H3/b12-11+. The number of allylic oxidation sites excluding steroid dienone is 1. The van der Waals surface area contributed by atoms with Gasteiger partial charge in [0.05, 0.1) is 24.6 Å². The fraction of sp³-hybridized carbons (Fsp3) is 0.357. The number of rotatable bonds is 7. The van der Waals surface area contributed by atoms with Gasteiger partial charge in [-0.3, -0.25) is 4.57 Å². The number of hydrogen-bond acceptors (Lipinski definition) is 5. The van der Waals surface area contributed by atoms with E-state index < -0.39 is 13.6 Å². The molecule has 0 bridgehead atoms. The van der Waals surface area contributed by atoms with Crippen LogP contribution in [0.2, 0.25) is 0 Å². The average Bonchev–Trinajstić information content (AvgIpc) is 2.39. The zero-order chi connectivity index (χ0) is 15.0. The first-order chi connectivity index (χ1) is 9.50. The van der Waals surface area contributed by atoms with Gasteiger partial charge in [0.15, 0.2) is 0 Å². The molecule has 5 nitrogen and oxygen atoms in total. The largest absolute Gasteiger partial charge is 0.427 e. The van der Waals surface area contributed by atoms with Crippen LogP contribution < -0.4 is 0 Å². The summed E-state index contributed by atoms with van der Waals surface area (Å²) in [4.78, 5) is 11.8. The maximum atomic E-state index is 12.2. The smallest absolute Gasteiger partial charge is 0.357 e. The predicted octanol–water partition coefficient (Wildman–Crippen LogP) is 3.97. The lowest BCUT2D eigenvalue weighted by atomic mass is 10.2. The van der Waals surface area contributed by atoms with E-state index in [-0.39, 0.29) is 19.0 Å². The Labute approximate surface area is 119 Å². The molecular weight excluding hydrogens is 279 g/mol. The first kappa shape index (κ1) is 16.6. The second-order valence-electron chi connectivity index (χ2n) is 3.87. The van der Waals surface area contributed by atoms with Crippen molar-refractivity contribution in [3.63, 3.8) is 0 Å². The van der Waals surface area contributed by atoms with Gasteiger partial charge in [-0.2, -0.15) is 0 Å². The first-order valence-corrected chi connectivity index (χ1v) is 7.97. The van der Waals surface area contributed by atoms with E-state index in [0.717, 1.165) is 0 Å². The molecular formula is C14H19O5P. The normalized spacial score (nSPS) is 12.2. The Morgan fingerprint density at radius 2 is 1.70 bits per heavy atom. The Morgan fingerprint density at radius 3 is 2.20 bits per heavy atom. The van der Waals surface area contributed by atoms with Crippen molar-refractivity contribution in [3.8, 4) is 0 Å². The van der Waals surface area contributed by atoms with Crippen molar-refractivity contribution in [2.24, 2.45) is 0 Å². The summed E-state index contributed by atoms with van der Waals surface area (Å²) in [5.74, 6) is 0.892. The van der Waals surface area contributed by atoms with Crippen molar-refractivity contribution in [3.05, 3.63) is 47.5 Å². The van der Waals surface area contributed by atoms with Crippen LogP contribution in [0.25, 0.3) is 0 Å². The third kappa shape index (κ3) is 5.29. The minimum atomic E-state index is -3.36. The van der Waals surface area contributed by atoms with Gasteiger partial charge in [-0.1, -0.05) is 18.2 Å². The monoisotopic (exact) mass is 298 g/mol. The van der Waals surface area contributed by atoms with Crippen molar-refractivity contribution in [2.45, 2.75) is 20.8 Å². The summed E-state index contributed by atoms with van der Waals surface area (Å²) in [5.41, 5.74) is 0.419. The molecule has 0 radical (unpaired) electrons. The third-order valence-electron chi connectivity index (χ3n) is 2.22. The highest BCUT2D eigenvalue weighted by Crippen LogP contribution is 2.50. The molecule has 110 valence electrons. The topological polar surface area (TPSA) is 61.8 Å². The summed E-state index contributed by atoms with van der Waals surface area (Å²) >= 11 is 0. The molecule has 0 unspecified atom stereocenters. The van der Waals surface area contributed by atoms with Gasteiger partial charge in [0.1, 0.15) is 5.76 Å². The summed E-state index contributed by atoms with van der Waals surface area (Å²) in [6, 6.07) is 8.56. The number of ether oxygens (including phenoxy) is 1. The van der Waals surface area contributed by atoms with Crippen molar-refractivity contribution >= 4 is 13.6 Å². The van der Waals surface area contributed by atoms with Crippen LogP contribution in [-0.4, -0.2) is 19.2 Å². The number of carbonyl (C=O) groups is 1. The second-order valence-corrected chi connectivity index (χ2v) is 5.72. The van der Waals surface area contributed by atoms with Crippen LogP contribution in [0.5, 0.6) is 0 Å². The average molecular weight is 298 g/mol. The number of benzene rings is 1. The van der Waals surface area contributed by atoms with Crippen molar-refractivity contribution in [2.75, 3.05) is 13.2 Å². The van der Waals surface area contributed by atoms with E-state index in [0.29, 0.717) is 5.56 Å². The molecule has 0 aliphatic heterocycles. The fourth-order valence-electron chi connectivity index (χ4n) is 1.50. The quantitative estimate of drug-likeness (QED) is 0.433. The molecule has 0 atom stereocenters. The lowest BCUT2D eigenvalue weighted by molar-refractivity contribution is 0.0626. The van der Waals surface area contributed by atoms with E-state index in [4.69, 9.17) is 13.8 Å². The number of hydrogen-bond donors (Lipinski definition) is 0. The van der Waals surface area contributed by atoms with Crippen LogP contribution in [0.3, 0.4) is 0 Å². The van der Waals surface area contributed by atoms with Gasteiger partial charge in [0.25, 0.3) is 0 Å². The van der Waals surface area contributed by atoms with Gasteiger partial charge in [-0.15, -0.1) is 0 Å². The highest BCUT2D eigenvalue weighted by Gasteiger charge is 2.21. The SMILES string of the molecule is CCOP(=O)(/C=C(\C)OC(=O)c1ccccc1)OCC. The van der Waals surface area contributed by atoms with Crippen LogP contribution in [0.4, 0.5) is 0 Å². The lowest BCUT2D eigenvalue weighted by Crippen LogP contribution is -2.04. The van der Waals surface area contributed by atoms with Gasteiger partial charge < -0.3 is 13.8 Å². The Balaban J connectivity index is 2.78. The van der Waals surface area contributed by atoms with E-state index in [9.17, 15) is 9.36 Å². The molecule has 0 spiro atoms. The van der Waals surface area contributed by atoms with E-state index in [1.54, 1.807) is 44.2 Å². The second kappa shape index (κ2) is 8.00. The van der Waals surface area contributed by atoms with E-state index in [1.807, 2.05) is 0 Å². The van der Waals surface area contributed by atoms with E-state index in [2.05, 4.69) is 0 Å². The predicted molar refractivity (Wildman–Crippen MR) is 76.5 cm³/mol. The highest BCUT2D eigenvalue weighted by atomic mass is 31.2. The molecule has 20 heavy (non-hydrogen) atoms. The molecule has 0 aliphatic carbocycles. The zero-order valence-electron chi connectivity index (χ0n) is 11.9. The molecule has 0 N–H and O–H groups in total. The molecule has 0 saturated carbocycles. The third-order valence-corrected chi connectivity index (χ3v) is 4.14. The minimum absolute atomic E-state index is 0.184. The molecule has 1 aromatic rings. The summed E-state index contributed by atoms with van der Waals surface area (Å²) in [5, 5.41) is 0. The zero-order valence-corrected chi connectivity index (χ0v) is 12.8. The van der Waals surface area contributed by atoms with E-state index >= 15 is 0 Å². The summed E-state index contributed by atoms with van der Waals surface area (Å²) < 4.78 is 27.5. The molecule has 1 rings (SSSR count). The molecule has 0 aromatic heterocycles. The first-order valence-electron chi connectivity index (χ1n) is 6.36. The molecule has 1 aromatic carbocycles. The number of carbonyl (C=O) groups excluding carboxylic acids is 1. The molecule has 0 fully saturated rings. The molecule has 0 heterocycles. The Bertz CT molecular complexity index is 500. The Kier molecular flexibility index (Phi) is 6.65. The summed E-state index contributed by atoms with van der Waals surface area (Å²) in [6.45, 7) is 5.45. The maximum absolute atomic E-state index is 12.2. The van der Waals surface area contributed by atoms with Gasteiger partial charge in [0.2, 0.25) is 0 Å². The minimum Gasteiger partial charge on any atom is -0.427 e. The van der Waals surface area contributed by atoms with Crippen molar-refractivity contribution in [1.82, 2.24) is 0 Å². The van der Waals surface area contributed by atoms with Gasteiger partial charge in [-0.25, -0.2) is 4.79 Å². The van der Waals surface area contributed by atoms with Crippen molar-refractivity contribution in [1.29, 1.82) is 0 Å². The molecule has 0 amide bonds. The Hall–Kier alpha value is -1.42. The lowest BCUT2D eigenvalue weighted by Gasteiger charge is -2.14. The van der Waals surface area contributed by atoms with Crippen LogP contribution in [-0.2, 0) is 18.3 Å². The van der Waals surface area contributed by atoms with Gasteiger partial charge >= 0.3 is 13.6 Å². The van der Waals surface area contributed by atoms with Crippen LogP contribution in [0.1, 0.15) is 31.1 Å². The molecule has 0 aliphatic rings.